The molecule has 5 rings (SSSR count). The summed E-state index contributed by atoms with van der Waals surface area (Å²) in [6.07, 6.45) is 0. The quantitative estimate of drug-likeness (QED) is 0.0357. The van der Waals surface area contributed by atoms with Crippen LogP contribution in [0, 0.1) is 0 Å². The molecule has 16 heteroatoms. The molecule has 16 nitrogen and oxygen atoms in total. The lowest BCUT2D eigenvalue weighted by Crippen LogP contribution is -2.27. The van der Waals surface area contributed by atoms with Gasteiger partial charge in [-0.25, -0.2) is 0 Å². The van der Waals surface area contributed by atoms with E-state index >= 15 is 0 Å². The fraction of sp³-hybridized carbons (Fsp3) is 0.300. The number of nitrogens with zero attached hydrogens (tertiary/aromatic N) is 4. The molecule has 2 amide bonds. The van der Waals surface area contributed by atoms with Gasteiger partial charge in [-0.3, -0.25) is 14.6 Å². The maximum atomic E-state index is 12.7. The molecule has 1 aromatic heterocycles. The van der Waals surface area contributed by atoms with Gasteiger partial charge in [0, 0.05) is 47.5 Å². The second kappa shape index (κ2) is 22.9. The zero-order chi connectivity index (χ0) is 39.2. The molecule has 0 aliphatic carbocycles. The number of carbonyl (C=O) groups excluding carboxylic acids is 2. The Balaban J connectivity index is 1.10. The zero-order valence-corrected chi connectivity index (χ0v) is 31.0. The molecule has 0 fully saturated rings. The highest BCUT2D eigenvalue weighted by Gasteiger charge is 2.11. The number of aromatic nitrogens is 3. The van der Waals surface area contributed by atoms with E-state index in [2.05, 4.69) is 53.2 Å². The van der Waals surface area contributed by atoms with E-state index in [4.69, 9.17) is 18.9 Å². The van der Waals surface area contributed by atoms with E-state index < -0.39 is 0 Å². The van der Waals surface area contributed by atoms with Crippen LogP contribution in [0.5, 0.6) is 5.75 Å². The molecule has 0 aliphatic rings. The van der Waals surface area contributed by atoms with Gasteiger partial charge >= 0.3 is 0 Å². The van der Waals surface area contributed by atoms with Gasteiger partial charge in [-0.05, 0) is 72.8 Å². The summed E-state index contributed by atoms with van der Waals surface area (Å²) in [7, 11) is 0. The third kappa shape index (κ3) is 13.9. The normalized spacial score (nSPS) is 10.9. The molecule has 56 heavy (non-hydrogen) atoms. The first-order valence-electron chi connectivity index (χ1n) is 18.2. The number of aromatic hydroxyl groups is 1. The van der Waals surface area contributed by atoms with E-state index in [0.717, 1.165) is 10.8 Å². The smallest absolute Gasteiger partial charge is 0.251 e. The fourth-order valence-electron chi connectivity index (χ4n) is 5.15. The maximum Gasteiger partial charge on any atom is 0.251 e. The number of hydrogen-bond donors (Lipinski definition) is 6. The van der Waals surface area contributed by atoms with Crippen molar-refractivity contribution in [2.45, 2.75) is 0 Å². The van der Waals surface area contributed by atoms with Crippen LogP contribution in [0.15, 0.2) is 96.0 Å². The lowest BCUT2D eigenvalue weighted by atomic mass is 10.1. The minimum Gasteiger partial charge on any atom is -0.507 e. The highest BCUT2D eigenvalue weighted by atomic mass is 16.5. The number of phenolic OH excluding ortho intramolecular Hbond substituents is 1. The molecule has 0 unspecified atom stereocenters. The van der Waals surface area contributed by atoms with Crippen LogP contribution in [0.25, 0.3) is 10.8 Å². The number of phenols is 1. The minimum absolute atomic E-state index is 0.142. The highest BCUT2D eigenvalue weighted by molar-refractivity contribution is 5.95. The van der Waals surface area contributed by atoms with E-state index in [1.165, 1.54) is 0 Å². The first-order chi connectivity index (χ1) is 27.5. The predicted molar refractivity (Wildman–Crippen MR) is 216 cm³/mol. The standard InChI is InChI=1S/C40H47N9O7/c1-41-16-20-53-24-25-54-22-18-43-37(52)30-10-12-32(13-11-30)45-39-47-38(48-40(49-39)46-33-14-15-34-31(28-33)8-5-9-35(34)50)44-19-23-56-27-26-55-21-17-42-36(51)29-6-3-2-4-7-29/h2-15,28,50H,1,16-27H2,(H,42,51)(H,43,52)(H3,44,45,46,47,48,49). The molecule has 0 saturated heterocycles. The molecule has 0 spiro atoms. The molecule has 4 aromatic carbocycles. The number of amides is 2. The van der Waals surface area contributed by atoms with Gasteiger partial charge in [0.15, 0.2) is 0 Å². The van der Waals surface area contributed by atoms with Crippen LogP contribution in [-0.2, 0) is 18.9 Å². The molecule has 6 N–H and O–H groups in total. The Morgan fingerprint density at radius 1 is 0.589 bits per heavy atom. The lowest BCUT2D eigenvalue weighted by molar-refractivity contribution is 0.0512. The molecule has 0 aliphatic heterocycles. The van der Waals surface area contributed by atoms with Crippen LogP contribution in [0.4, 0.5) is 29.2 Å². The van der Waals surface area contributed by atoms with Crippen molar-refractivity contribution in [2.75, 3.05) is 95.0 Å². The Morgan fingerprint density at radius 3 is 1.79 bits per heavy atom. The second-order valence-corrected chi connectivity index (χ2v) is 12.0. The van der Waals surface area contributed by atoms with Crippen molar-refractivity contribution in [3.63, 3.8) is 0 Å². The van der Waals surface area contributed by atoms with E-state index in [1.807, 2.05) is 42.5 Å². The van der Waals surface area contributed by atoms with Gasteiger partial charge in [0.25, 0.3) is 11.8 Å². The Morgan fingerprint density at radius 2 is 1.14 bits per heavy atom. The van der Waals surface area contributed by atoms with Crippen molar-refractivity contribution in [2.24, 2.45) is 4.99 Å². The number of benzene rings is 4. The third-order valence-corrected chi connectivity index (χ3v) is 7.92. The predicted octanol–water partition coefficient (Wildman–Crippen LogP) is 4.56. The lowest BCUT2D eigenvalue weighted by Gasteiger charge is -2.13. The zero-order valence-electron chi connectivity index (χ0n) is 31.0. The van der Waals surface area contributed by atoms with Crippen LogP contribution >= 0.6 is 0 Å². The number of ether oxygens (including phenoxy) is 4. The largest absolute Gasteiger partial charge is 0.507 e. The Labute approximate surface area is 325 Å². The number of carbonyl (C=O) groups is 2. The van der Waals surface area contributed by atoms with Crippen LogP contribution in [0.1, 0.15) is 20.7 Å². The molecule has 0 radical (unpaired) electrons. The van der Waals surface area contributed by atoms with Crippen molar-refractivity contribution in [1.82, 2.24) is 25.6 Å². The highest BCUT2D eigenvalue weighted by Crippen LogP contribution is 2.28. The van der Waals surface area contributed by atoms with Crippen molar-refractivity contribution in [3.8, 4) is 5.75 Å². The first-order valence-corrected chi connectivity index (χ1v) is 18.2. The van der Waals surface area contributed by atoms with Crippen molar-refractivity contribution in [1.29, 1.82) is 0 Å². The Bertz CT molecular complexity index is 1990. The molecular weight excluding hydrogens is 718 g/mol. The molecule has 0 atom stereocenters. The monoisotopic (exact) mass is 765 g/mol. The second-order valence-electron chi connectivity index (χ2n) is 12.0. The van der Waals surface area contributed by atoms with Gasteiger partial charge in [0.05, 0.1) is 59.4 Å². The van der Waals surface area contributed by atoms with Crippen LogP contribution in [0.3, 0.4) is 0 Å². The Hall–Kier alpha value is -6.20. The number of hydrogen-bond acceptors (Lipinski definition) is 14. The summed E-state index contributed by atoms with van der Waals surface area (Å²) < 4.78 is 22.1. The number of rotatable bonds is 25. The summed E-state index contributed by atoms with van der Waals surface area (Å²) in [5.41, 5.74) is 2.46. The number of fused-ring (bicyclic) bond motifs is 1. The maximum absolute atomic E-state index is 12.7. The Kier molecular flexibility index (Phi) is 16.7. The van der Waals surface area contributed by atoms with Crippen molar-refractivity contribution >= 4 is 58.5 Å². The van der Waals surface area contributed by atoms with Gasteiger partial charge in [-0.15, -0.1) is 0 Å². The van der Waals surface area contributed by atoms with Gasteiger partial charge in [0.1, 0.15) is 5.75 Å². The van der Waals surface area contributed by atoms with E-state index in [9.17, 15) is 14.7 Å². The van der Waals surface area contributed by atoms with Crippen LogP contribution < -0.4 is 26.6 Å². The molecular formula is C40H47N9O7. The molecule has 0 saturated carbocycles. The number of nitrogens with one attached hydrogen (secondary N) is 5. The summed E-state index contributed by atoms with van der Waals surface area (Å²) in [5, 5.41) is 27.0. The summed E-state index contributed by atoms with van der Waals surface area (Å²) in [6, 6.07) is 26.8. The fourth-order valence-corrected chi connectivity index (χ4v) is 5.15. The average Bonchev–Trinajstić information content (AvgIpc) is 3.21. The molecule has 294 valence electrons. The summed E-state index contributed by atoms with van der Waals surface area (Å²) in [5.74, 6) is 0.664. The topological polar surface area (TPSA) is 202 Å². The molecule has 0 bridgehead atoms. The summed E-state index contributed by atoms with van der Waals surface area (Å²) >= 11 is 0. The summed E-state index contributed by atoms with van der Waals surface area (Å²) in [4.78, 5) is 42.1. The summed E-state index contributed by atoms with van der Waals surface area (Å²) in [6.45, 7) is 8.33. The third-order valence-electron chi connectivity index (χ3n) is 7.92. The number of anilines is 5. The van der Waals surface area contributed by atoms with E-state index in [1.54, 1.807) is 48.5 Å². The van der Waals surface area contributed by atoms with Gasteiger partial charge in [0.2, 0.25) is 17.8 Å². The molecule has 5 aromatic rings. The van der Waals surface area contributed by atoms with Crippen LogP contribution in [0.2, 0.25) is 0 Å². The van der Waals surface area contributed by atoms with E-state index in [0.29, 0.717) is 107 Å². The molecule has 1 heterocycles. The average molecular weight is 766 g/mol. The minimum atomic E-state index is -0.226. The SMILES string of the molecule is C=NCCOCCOCCNC(=O)c1ccc(Nc2nc(NCCOCCOCCNC(=O)c3ccccc3)nc(Nc3ccc4c(O)cccc4c3)n2)cc1. The van der Waals surface area contributed by atoms with Crippen LogP contribution in [-0.4, -0.2) is 118 Å². The van der Waals surface area contributed by atoms with E-state index in [-0.39, 0.29) is 29.5 Å². The van der Waals surface area contributed by atoms with Gasteiger partial charge in [-0.2, -0.15) is 15.0 Å². The first kappa shape index (κ1) is 41.0. The van der Waals surface area contributed by atoms with Crippen molar-refractivity contribution in [3.05, 3.63) is 102 Å². The number of aliphatic imine (C=N–C) groups is 1. The van der Waals surface area contributed by atoms with Crippen molar-refractivity contribution < 1.29 is 33.6 Å². The van der Waals surface area contributed by atoms with Gasteiger partial charge < -0.3 is 50.6 Å². The van der Waals surface area contributed by atoms with Gasteiger partial charge in [-0.1, -0.05) is 30.3 Å².